The van der Waals surface area contributed by atoms with Crippen LogP contribution in [0.15, 0.2) is 0 Å². The second-order valence-electron chi connectivity index (χ2n) is 2.66. The van der Waals surface area contributed by atoms with E-state index >= 15 is 0 Å². The molecule has 0 heterocycles. The summed E-state index contributed by atoms with van der Waals surface area (Å²) in [5.74, 6) is 4.72. The Morgan fingerprint density at radius 1 is 1.29 bits per heavy atom. The minimum atomic E-state index is -0.302. The third-order valence-electron chi connectivity index (χ3n) is 0.730. The van der Waals surface area contributed by atoms with Gasteiger partial charge < -0.3 is 4.90 Å². The van der Waals surface area contributed by atoms with Crippen molar-refractivity contribution in [1.29, 1.82) is 0 Å². The van der Waals surface area contributed by atoms with E-state index in [0.29, 0.717) is 0 Å². The molecule has 2 heteroatoms. The lowest BCUT2D eigenvalue weighted by Crippen LogP contribution is -2.24. The molecule has 0 spiro atoms. The minimum absolute atomic E-state index is 0.302. The highest BCUT2D eigenvalue weighted by atomic mass is 27.2. The zero-order chi connectivity index (χ0) is 5.86. The lowest BCUT2D eigenvalue weighted by Gasteiger charge is -2.07. The fourth-order valence-electron chi connectivity index (χ4n) is 0.730. The molecule has 7 heavy (non-hydrogen) atoms. The first-order chi connectivity index (χ1) is 3.13. The van der Waals surface area contributed by atoms with Gasteiger partial charge in [-0.25, -0.2) is 0 Å². The predicted molar refractivity (Wildman–Crippen MR) is 36.0 cm³/mol. The van der Waals surface area contributed by atoms with Crippen LogP contribution in [0.4, 0.5) is 0 Å². The van der Waals surface area contributed by atoms with E-state index in [0.717, 1.165) is 0 Å². The first kappa shape index (κ1) is 7.49. The van der Waals surface area contributed by atoms with Crippen LogP contribution in [-0.4, -0.2) is 38.6 Å². The van der Waals surface area contributed by atoms with Gasteiger partial charge in [0.2, 0.25) is 0 Å². The number of hydrogen-bond donors (Lipinski definition) is 0. The molecule has 0 rings (SSSR count). The molecule has 0 aromatic rings. The van der Waals surface area contributed by atoms with Crippen LogP contribution in [0.3, 0.4) is 0 Å². The van der Waals surface area contributed by atoms with Crippen LogP contribution < -0.4 is 0 Å². The van der Waals surface area contributed by atoms with E-state index in [2.05, 4.69) is 30.6 Å². The van der Waals surface area contributed by atoms with Gasteiger partial charge in [0.05, 0.1) is 0 Å². The summed E-state index contributed by atoms with van der Waals surface area (Å²) in [6, 6.07) is 0. The standard InChI is InChI=1S/C3H8N.2CH3.Al/c1-4(2)3;;;/h1H2,2-3H3;2*1H3;. The smallest absolute Gasteiger partial charge is 0.274 e. The van der Waals surface area contributed by atoms with E-state index < -0.39 is 0 Å². The van der Waals surface area contributed by atoms with Gasteiger partial charge in [-0.1, -0.05) is 0 Å². The summed E-state index contributed by atoms with van der Waals surface area (Å²) in [6.45, 7) is 0. The van der Waals surface area contributed by atoms with Gasteiger partial charge in [0.25, 0.3) is 14.1 Å². The van der Waals surface area contributed by atoms with Crippen molar-refractivity contribution >= 4 is 14.1 Å². The predicted octanol–water partition coefficient (Wildman–Crippen LogP) is 0.842. The summed E-state index contributed by atoms with van der Waals surface area (Å²) in [5.41, 5.74) is 0. The van der Waals surface area contributed by atoms with E-state index in [4.69, 9.17) is 0 Å². The van der Waals surface area contributed by atoms with Gasteiger partial charge in [-0.05, 0) is 19.5 Å². The van der Waals surface area contributed by atoms with Gasteiger partial charge in [0.15, 0.2) is 0 Å². The highest BCUT2D eigenvalue weighted by Crippen LogP contribution is 1.80. The molecule has 0 aliphatic carbocycles. The van der Waals surface area contributed by atoms with Crippen molar-refractivity contribution in [2.45, 2.75) is 11.6 Å². The van der Waals surface area contributed by atoms with Gasteiger partial charge in [0.1, 0.15) is 0 Å². The number of hydrogen-bond acceptors (Lipinski definition) is 1. The molecule has 0 saturated heterocycles. The van der Waals surface area contributed by atoms with Crippen molar-refractivity contribution in [3.63, 3.8) is 0 Å². The maximum absolute atomic E-state index is 2.36. The highest BCUT2D eigenvalue weighted by Gasteiger charge is 2.00. The van der Waals surface area contributed by atoms with Crippen molar-refractivity contribution in [1.82, 2.24) is 4.90 Å². The Morgan fingerprint density at radius 2 is 1.71 bits per heavy atom. The Morgan fingerprint density at radius 3 is 1.71 bits per heavy atom. The first-order valence-corrected chi connectivity index (χ1v) is 5.90. The Balaban J connectivity index is 2.95. The zero-order valence-electron chi connectivity index (χ0n) is 5.73. The average Bonchev–Trinajstić information content (AvgIpc) is 1.27. The molecule has 0 unspecified atom stereocenters. The van der Waals surface area contributed by atoms with Gasteiger partial charge in [-0.3, -0.25) is 0 Å². The monoisotopic (exact) mass is 115 g/mol. The molecule has 42 valence electrons. The third-order valence-corrected chi connectivity index (χ3v) is 2.19. The summed E-state index contributed by atoms with van der Waals surface area (Å²) >= 11 is -0.302. The van der Waals surface area contributed by atoms with Gasteiger partial charge in [-0.15, -0.1) is 11.6 Å². The first-order valence-electron chi connectivity index (χ1n) is 2.77. The SMILES string of the molecule is CN(C)[CH2][Al]([CH3])[CH3]. The van der Waals surface area contributed by atoms with Crippen LogP contribution in [0.2, 0.25) is 11.6 Å². The normalized spacial score (nSPS) is 9.86. The molecular weight excluding hydrogens is 101 g/mol. The van der Waals surface area contributed by atoms with E-state index in [1.54, 1.807) is 0 Å². The van der Waals surface area contributed by atoms with Crippen LogP contribution in [0.25, 0.3) is 0 Å². The Labute approximate surface area is 50.7 Å². The molecule has 0 fully saturated rings. The van der Waals surface area contributed by atoms with Gasteiger partial charge in [0, 0.05) is 0 Å². The molecule has 1 nitrogen and oxygen atoms in total. The number of nitrogens with zero attached hydrogens (tertiary/aromatic N) is 1. The Hall–Kier alpha value is 0.492. The van der Waals surface area contributed by atoms with E-state index in [1.807, 2.05) is 0 Å². The third kappa shape index (κ3) is 6.49. The van der Waals surface area contributed by atoms with Crippen LogP contribution in [-0.2, 0) is 0 Å². The summed E-state index contributed by atoms with van der Waals surface area (Å²) in [6.07, 6.45) is 0. The maximum atomic E-state index is 2.36. The average molecular weight is 115 g/mol. The second kappa shape index (κ2) is 3.49. The van der Waals surface area contributed by atoms with Crippen LogP contribution in [0.5, 0.6) is 0 Å². The molecule has 0 amide bonds. The van der Waals surface area contributed by atoms with Crippen LogP contribution in [0, 0.1) is 0 Å². The number of rotatable bonds is 2. The molecule has 0 bridgehead atoms. The maximum Gasteiger partial charge on any atom is 0.274 e. The molecule has 0 aromatic heterocycles. The van der Waals surface area contributed by atoms with Crippen LogP contribution in [0.1, 0.15) is 0 Å². The fraction of sp³-hybridized carbons (Fsp3) is 1.00. The van der Waals surface area contributed by atoms with E-state index in [1.165, 1.54) is 5.41 Å². The lowest BCUT2D eigenvalue weighted by atomic mass is 11.0. The summed E-state index contributed by atoms with van der Waals surface area (Å²) in [4.78, 5) is 2.26. The molecule has 0 aliphatic rings. The molecule has 0 aliphatic heterocycles. The molecule has 0 aromatic carbocycles. The lowest BCUT2D eigenvalue weighted by molar-refractivity contribution is 0.475. The fourth-order valence-corrected chi connectivity index (χ4v) is 2.19. The second-order valence-corrected chi connectivity index (χ2v) is 5.81. The summed E-state index contributed by atoms with van der Waals surface area (Å²) in [5, 5.41) is 1.33. The minimum Gasteiger partial charge on any atom is -0.323 e. The molecule has 0 atom stereocenters. The topological polar surface area (TPSA) is 3.24 Å². The van der Waals surface area contributed by atoms with Crippen molar-refractivity contribution in [2.24, 2.45) is 0 Å². The quantitative estimate of drug-likeness (QED) is 0.482. The van der Waals surface area contributed by atoms with Gasteiger partial charge in [-0.2, -0.15) is 0 Å². The molecule has 0 N–H and O–H groups in total. The van der Waals surface area contributed by atoms with Gasteiger partial charge >= 0.3 is 0 Å². The van der Waals surface area contributed by atoms with E-state index in [9.17, 15) is 0 Å². The molecule has 0 saturated carbocycles. The van der Waals surface area contributed by atoms with Crippen molar-refractivity contribution in [3.05, 3.63) is 0 Å². The summed E-state index contributed by atoms with van der Waals surface area (Å²) < 4.78 is 0. The Kier molecular flexibility index (Phi) is 3.73. The highest BCUT2D eigenvalue weighted by molar-refractivity contribution is 6.55. The largest absolute Gasteiger partial charge is 0.323 e. The van der Waals surface area contributed by atoms with Crippen molar-refractivity contribution in [2.75, 3.05) is 19.5 Å². The van der Waals surface area contributed by atoms with E-state index in [-0.39, 0.29) is 14.1 Å². The van der Waals surface area contributed by atoms with Crippen molar-refractivity contribution in [3.8, 4) is 0 Å². The van der Waals surface area contributed by atoms with Crippen LogP contribution >= 0.6 is 0 Å². The molecular formula is C5H14AlN. The Bertz CT molecular complexity index is 37.3. The zero-order valence-corrected chi connectivity index (χ0v) is 6.89. The molecule has 0 radical (unpaired) electrons. The summed E-state index contributed by atoms with van der Waals surface area (Å²) in [7, 11) is 4.26. The van der Waals surface area contributed by atoms with Crippen molar-refractivity contribution < 1.29 is 0 Å².